The average Bonchev–Trinajstić information content (AvgIpc) is 3.01. The Morgan fingerprint density at radius 2 is 1.69 bits per heavy atom. The molecule has 3 aromatic rings. The van der Waals surface area contributed by atoms with Crippen molar-refractivity contribution in [2.45, 2.75) is 32.0 Å². The number of aromatic nitrogens is 2. The molecule has 1 aliphatic rings. The number of fused-ring (bicyclic) bond motifs is 1. The van der Waals surface area contributed by atoms with Crippen molar-refractivity contribution in [1.29, 1.82) is 0 Å². The minimum absolute atomic E-state index is 0.171. The van der Waals surface area contributed by atoms with Crippen LogP contribution in [0.1, 0.15) is 30.0 Å². The van der Waals surface area contributed by atoms with Crippen molar-refractivity contribution < 1.29 is 14.3 Å². The van der Waals surface area contributed by atoms with Crippen LogP contribution >= 0.6 is 0 Å². The first-order valence-corrected chi connectivity index (χ1v) is 10.6. The molecule has 1 aliphatic heterocycles. The zero-order chi connectivity index (χ0) is 23.0. The Bertz CT molecular complexity index is 1220. The van der Waals surface area contributed by atoms with E-state index in [1.54, 1.807) is 35.4 Å². The lowest BCUT2D eigenvalue weighted by molar-refractivity contribution is -0.151. The van der Waals surface area contributed by atoms with Crippen LogP contribution in [0.25, 0.3) is 11.0 Å². The Labute approximate surface area is 186 Å². The van der Waals surface area contributed by atoms with Crippen molar-refractivity contribution >= 4 is 22.8 Å². The Morgan fingerprint density at radius 3 is 2.34 bits per heavy atom. The van der Waals surface area contributed by atoms with Gasteiger partial charge in [0.1, 0.15) is 11.8 Å². The highest BCUT2D eigenvalue weighted by atomic mass is 16.5. The van der Waals surface area contributed by atoms with Crippen molar-refractivity contribution in [3.8, 4) is 5.75 Å². The Kier molecular flexibility index (Phi) is 5.88. The van der Waals surface area contributed by atoms with Crippen LogP contribution in [0.4, 0.5) is 0 Å². The summed E-state index contributed by atoms with van der Waals surface area (Å²) in [4.78, 5) is 42.4. The molecule has 0 spiro atoms. The number of piperidine rings is 1. The van der Waals surface area contributed by atoms with Crippen molar-refractivity contribution in [3.05, 3.63) is 64.1 Å². The fraction of sp³-hybridized carbons (Fsp3) is 0.375. The molecule has 2 heterocycles. The maximum Gasteiger partial charge on any atom is 0.329 e. The maximum absolute atomic E-state index is 13.4. The first kappa shape index (κ1) is 21.8. The molecular weight excluding hydrogens is 408 g/mol. The number of hydrogen-bond acceptors (Lipinski definition) is 5. The number of carbonyl (C=O) groups excluding carboxylic acids is 2. The van der Waals surface area contributed by atoms with E-state index in [9.17, 15) is 14.4 Å². The number of aryl methyl sites for hydroxylation is 1. The van der Waals surface area contributed by atoms with Gasteiger partial charge in [-0.3, -0.25) is 23.6 Å². The van der Waals surface area contributed by atoms with E-state index in [2.05, 4.69) is 4.90 Å². The number of imidazole rings is 1. The highest BCUT2D eigenvalue weighted by Crippen LogP contribution is 2.28. The van der Waals surface area contributed by atoms with E-state index in [1.807, 2.05) is 44.4 Å². The van der Waals surface area contributed by atoms with E-state index in [4.69, 9.17) is 4.74 Å². The fourth-order valence-electron chi connectivity index (χ4n) is 4.31. The van der Waals surface area contributed by atoms with Crippen molar-refractivity contribution in [2.75, 3.05) is 21.2 Å². The second-order valence-electron chi connectivity index (χ2n) is 8.49. The summed E-state index contributed by atoms with van der Waals surface area (Å²) in [6, 6.07) is 12.4. The van der Waals surface area contributed by atoms with Gasteiger partial charge in [0, 0.05) is 20.0 Å². The number of benzene rings is 2. The summed E-state index contributed by atoms with van der Waals surface area (Å²) in [5.41, 5.74) is 3.14. The molecule has 1 fully saturated rings. The Morgan fingerprint density at radius 1 is 1.00 bits per heavy atom. The minimum Gasteiger partial charge on any atom is -0.497 e. The number of methoxy groups -OCH3 is 1. The third-order valence-electron chi connectivity index (χ3n) is 5.95. The highest BCUT2D eigenvalue weighted by molar-refractivity contribution is 6.00. The van der Waals surface area contributed by atoms with Crippen LogP contribution in [0, 0.1) is 0 Å². The Hall–Kier alpha value is -3.39. The van der Waals surface area contributed by atoms with Crippen LogP contribution in [-0.4, -0.2) is 52.0 Å². The van der Waals surface area contributed by atoms with Crippen molar-refractivity contribution in [1.82, 2.24) is 18.9 Å². The van der Waals surface area contributed by atoms with Crippen LogP contribution < -0.4 is 10.4 Å². The van der Waals surface area contributed by atoms with Crippen LogP contribution in [0.5, 0.6) is 5.75 Å². The Balaban J connectivity index is 1.68. The zero-order valence-electron chi connectivity index (χ0n) is 18.9. The lowest BCUT2D eigenvalue weighted by Crippen LogP contribution is -2.47. The number of amides is 2. The molecule has 0 bridgehead atoms. The molecule has 8 heteroatoms. The summed E-state index contributed by atoms with van der Waals surface area (Å²) in [7, 11) is 7.28. The molecule has 0 radical (unpaired) electrons. The number of carbonyl (C=O) groups is 2. The van der Waals surface area contributed by atoms with E-state index in [0.717, 1.165) is 23.2 Å². The molecule has 1 aromatic heterocycles. The van der Waals surface area contributed by atoms with E-state index >= 15 is 0 Å². The van der Waals surface area contributed by atoms with Gasteiger partial charge in [-0.25, -0.2) is 4.79 Å². The van der Waals surface area contributed by atoms with Crippen LogP contribution in [0.15, 0.2) is 47.3 Å². The van der Waals surface area contributed by atoms with Gasteiger partial charge >= 0.3 is 5.69 Å². The van der Waals surface area contributed by atoms with Gasteiger partial charge in [0.2, 0.25) is 5.91 Å². The molecule has 2 amide bonds. The fourth-order valence-corrected chi connectivity index (χ4v) is 4.31. The first-order chi connectivity index (χ1) is 15.3. The first-order valence-electron chi connectivity index (χ1n) is 10.6. The zero-order valence-corrected chi connectivity index (χ0v) is 18.9. The summed E-state index contributed by atoms with van der Waals surface area (Å²) in [6.45, 7) is 0.923. The van der Waals surface area contributed by atoms with Gasteiger partial charge in [0.05, 0.1) is 24.7 Å². The monoisotopic (exact) mass is 436 g/mol. The molecule has 2 aromatic carbocycles. The molecule has 4 rings (SSSR count). The molecule has 168 valence electrons. The second-order valence-corrected chi connectivity index (χ2v) is 8.49. The molecule has 0 aliphatic carbocycles. The summed E-state index contributed by atoms with van der Waals surface area (Å²) < 4.78 is 8.29. The van der Waals surface area contributed by atoms with Crippen LogP contribution in [0.3, 0.4) is 0 Å². The summed E-state index contributed by atoms with van der Waals surface area (Å²) in [5, 5.41) is 0. The molecule has 8 nitrogen and oxygen atoms in total. The molecule has 1 saturated heterocycles. The molecule has 0 N–H and O–H groups in total. The molecule has 1 atom stereocenters. The van der Waals surface area contributed by atoms with Crippen LogP contribution in [-0.2, 0) is 29.7 Å². The topological polar surface area (TPSA) is 76.8 Å². The highest BCUT2D eigenvalue weighted by Gasteiger charge is 2.37. The van der Waals surface area contributed by atoms with Gasteiger partial charge < -0.3 is 9.64 Å². The van der Waals surface area contributed by atoms with E-state index in [0.29, 0.717) is 17.7 Å². The SMILES string of the molecule is COc1ccc(CN2C(=O)CCC(n3c(=O)n(C)c4cc(CN(C)C)ccc43)C2=O)cc1. The number of likely N-dealkylation sites (tertiary alicyclic amines) is 1. The van der Waals surface area contributed by atoms with Gasteiger partial charge in [0.25, 0.3) is 5.91 Å². The van der Waals surface area contributed by atoms with Crippen molar-refractivity contribution in [3.63, 3.8) is 0 Å². The normalized spacial score (nSPS) is 16.9. The van der Waals surface area contributed by atoms with E-state index in [1.165, 1.54) is 4.90 Å². The number of imide groups is 1. The number of hydrogen-bond donors (Lipinski definition) is 0. The molecular formula is C24H28N4O4. The third-order valence-corrected chi connectivity index (χ3v) is 5.95. The predicted octanol–water partition coefficient (Wildman–Crippen LogP) is 2.30. The lowest BCUT2D eigenvalue weighted by Gasteiger charge is -2.31. The standard InChI is InChI=1S/C24H28N4O4/c1-25(2)14-17-7-10-19-21(13-17)26(3)24(31)28(19)20-11-12-22(29)27(23(20)30)15-16-5-8-18(32-4)9-6-16/h5-10,13,20H,11-12,14-15H2,1-4H3. The largest absolute Gasteiger partial charge is 0.497 e. The van der Waals surface area contributed by atoms with Crippen LogP contribution in [0.2, 0.25) is 0 Å². The minimum atomic E-state index is -0.707. The number of rotatable bonds is 6. The number of nitrogens with zero attached hydrogens (tertiary/aromatic N) is 4. The van der Waals surface area contributed by atoms with Gasteiger partial charge in [-0.2, -0.15) is 0 Å². The quantitative estimate of drug-likeness (QED) is 0.554. The average molecular weight is 437 g/mol. The van der Waals surface area contributed by atoms with E-state index < -0.39 is 6.04 Å². The van der Waals surface area contributed by atoms with Gasteiger partial charge in [0.15, 0.2) is 0 Å². The summed E-state index contributed by atoms with van der Waals surface area (Å²) in [6.07, 6.45) is 0.531. The predicted molar refractivity (Wildman–Crippen MR) is 121 cm³/mol. The second kappa shape index (κ2) is 8.63. The molecule has 32 heavy (non-hydrogen) atoms. The summed E-state index contributed by atoms with van der Waals surface area (Å²) >= 11 is 0. The number of ether oxygens (including phenoxy) is 1. The van der Waals surface area contributed by atoms with Crippen molar-refractivity contribution in [2.24, 2.45) is 7.05 Å². The maximum atomic E-state index is 13.4. The molecule has 0 saturated carbocycles. The summed E-state index contributed by atoms with van der Waals surface area (Å²) in [5.74, 6) is 0.145. The van der Waals surface area contributed by atoms with E-state index in [-0.39, 0.29) is 30.5 Å². The van der Waals surface area contributed by atoms with Gasteiger partial charge in [-0.05, 0) is 55.9 Å². The smallest absolute Gasteiger partial charge is 0.329 e. The van der Waals surface area contributed by atoms with Gasteiger partial charge in [-0.1, -0.05) is 18.2 Å². The van der Waals surface area contributed by atoms with Gasteiger partial charge in [-0.15, -0.1) is 0 Å². The lowest BCUT2D eigenvalue weighted by atomic mass is 10.0. The molecule has 1 unspecified atom stereocenters. The third kappa shape index (κ3) is 3.93.